The van der Waals surface area contributed by atoms with Gasteiger partial charge < -0.3 is 10.1 Å². The van der Waals surface area contributed by atoms with Crippen LogP contribution in [0.5, 0.6) is 5.75 Å². The van der Waals surface area contributed by atoms with Gasteiger partial charge in [-0.3, -0.25) is 9.52 Å². The first-order valence-electron chi connectivity index (χ1n) is 9.22. The van der Waals surface area contributed by atoms with Crippen LogP contribution in [0.4, 0.5) is 20.2 Å². The second kappa shape index (κ2) is 9.13. The van der Waals surface area contributed by atoms with E-state index in [9.17, 15) is 22.0 Å². The van der Waals surface area contributed by atoms with Gasteiger partial charge in [0.1, 0.15) is 17.4 Å². The van der Waals surface area contributed by atoms with Crippen molar-refractivity contribution in [2.45, 2.75) is 18.7 Å². The molecular weight excluding hydrogens is 426 g/mol. The van der Waals surface area contributed by atoms with E-state index in [1.807, 2.05) is 19.9 Å². The summed E-state index contributed by atoms with van der Waals surface area (Å²) in [5.41, 5.74) is 2.29. The maximum absolute atomic E-state index is 13.6. The van der Waals surface area contributed by atoms with Crippen molar-refractivity contribution in [2.75, 3.05) is 16.6 Å². The molecule has 2 N–H and O–H groups in total. The summed E-state index contributed by atoms with van der Waals surface area (Å²) in [6.45, 7) is 3.38. The molecule has 6 nitrogen and oxygen atoms in total. The smallest absolute Gasteiger partial charge is 0.262 e. The number of nitrogens with one attached hydrogen (secondary N) is 2. The van der Waals surface area contributed by atoms with Crippen LogP contribution in [0.1, 0.15) is 11.1 Å². The molecule has 3 aromatic rings. The number of hydrogen-bond donors (Lipinski definition) is 2. The maximum atomic E-state index is 13.6. The summed E-state index contributed by atoms with van der Waals surface area (Å²) in [7, 11) is -3.80. The number of carbonyl (C=O) groups excluding carboxylic acids is 1. The predicted molar refractivity (Wildman–Crippen MR) is 114 cm³/mol. The van der Waals surface area contributed by atoms with E-state index in [4.69, 9.17) is 4.74 Å². The fourth-order valence-electron chi connectivity index (χ4n) is 2.66. The number of aryl methyl sites for hydroxylation is 2. The van der Waals surface area contributed by atoms with Gasteiger partial charge in [-0.25, -0.2) is 17.2 Å². The molecule has 0 spiro atoms. The third-order valence-electron chi connectivity index (χ3n) is 4.47. The van der Waals surface area contributed by atoms with Crippen molar-refractivity contribution < 1.29 is 26.7 Å². The van der Waals surface area contributed by atoms with Crippen LogP contribution in [0.2, 0.25) is 0 Å². The Hall–Kier alpha value is -3.46. The quantitative estimate of drug-likeness (QED) is 0.564. The van der Waals surface area contributed by atoms with Crippen LogP contribution >= 0.6 is 0 Å². The number of halogens is 2. The molecule has 3 aromatic carbocycles. The number of anilines is 2. The minimum atomic E-state index is -3.80. The Kier molecular flexibility index (Phi) is 6.55. The van der Waals surface area contributed by atoms with Crippen molar-refractivity contribution in [3.05, 3.63) is 83.4 Å². The number of hydrogen-bond acceptors (Lipinski definition) is 4. The van der Waals surface area contributed by atoms with Crippen LogP contribution in [0.25, 0.3) is 0 Å². The molecule has 0 atom stereocenters. The van der Waals surface area contributed by atoms with Gasteiger partial charge in [0, 0.05) is 11.8 Å². The Labute approximate surface area is 178 Å². The van der Waals surface area contributed by atoms with E-state index >= 15 is 0 Å². The number of benzene rings is 3. The van der Waals surface area contributed by atoms with Crippen LogP contribution in [0, 0.1) is 25.5 Å². The number of amides is 1. The fourth-order valence-corrected chi connectivity index (χ4v) is 3.71. The highest BCUT2D eigenvalue weighted by molar-refractivity contribution is 7.92. The molecule has 0 aliphatic heterocycles. The molecule has 9 heteroatoms. The topological polar surface area (TPSA) is 84.5 Å². The molecule has 162 valence electrons. The second-order valence-electron chi connectivity index (χ2n) is 6.84. The average molecular weight is 446 g/mol. The highest BCUT2D eigenvalue weighted by atomic mass is 32.2. The third-order valence-corrected chi connectivity index (χ3v) is 5.87. The van der Waals surface area contributed by atoms with Crippen molar-refractivity contribution in [3.63, 3.8) is 0 Å². The molecule has 31 heavy (non-hydrogen) atoms. The molecule has 0 saturated heterocycles. The van der Waals surface area contributed by atoms with Gasteiger partial charge in [0.25, 0.3) is 15.9 Å². The zero-order valence-corrected chi connectivity index (χ0v) is 17.6. The molecule has 0 aromatic heterocycles. The lowest BCUT2D eigenvalue weighted by Crippen LogP contribution is -2.21. The molecule has 0 heterocycles. The van der Waals surface area contributed by atoms with E-state index in [0.29, 0.717) is 11.8 Å². The number of carbonyl (C=O) groups is 1. The second-order valence-corrected chi connectivity index (χ2v) is 8.52. The number of sulfonamides is 1. The monoisotopic (exact) mass is 446 g/mol. The molecule has 0 aliphatic carbocycles. The fraction of sp³-hybridized carbons (Fsp3) is 0.136. The maximum Gasteiger partial charge on any atom is 0.262 e. The van der Waals surface area contributed by atoms with Gasteiger partial charge in [-0.1, -0.05) is 6.07 Å². The minimum Gasteiger partial charge on any atom is -0.484 e. The van der Waals surface area contributed by atoms with E-state index in [2.05, 4.69) is 10.0 Å². The summed E-state index contributed by atoms with van der Waals surface area (Å²) in [5, 5.41) is 2.27. The average Bonchev–Trinajstić information content (AvgIpc) is 2.71. The summed E-state index contributed by atoms with van der Waals surface area (Å²) in [6.07, 6.45) is 0. The van der Waals surface area contributed by atoms with Crippen molar-refractivity contribution in [1.29, 1.82) is 0 Å². The number of ether oxygens (including phenoxy) is 1. The summed E-state index contributed by atoms with van der Waals surface area (Å²) in [4.78, 5) is 11.9. The first kappa shape index (κ1) is 22.2. The molecule has 0 saturated carbocycles. The first-order chi connectivity index (χ1) is 14.6. The van der Waals surface area contributed by atoms with E-state index in [1.165, 1.54) is 24.3 Å². The Morgan fingerprint density at radius 2 is 1.65 bits per heavy atom. The molecule has 0 radical (unpaired) electrons. The normalized spacial score (nSPS) is 11.1. The third kappa shape index (κ3) is 5.79. The van der Waals surface area contributed by atoms with Crippen molar-refractivity contribution in [1.82, 2.24) is 0 Å². The molecule has 0 fully saturated rings. The van der Waals surface area contributed by atoms with Crippen molar-refractivity contribution in [2.24, 2.45) is 0 Å². The molecule has 1 amide bonds. The summed E-state index contributed by atoms with van der Waals surface area (Å²) in [6, 6.07) is 13.5. The number of rotatable bonds is 7. The van der Waals surface area contributed by atoms with Crippen LogP contribution in [0.3, 0.4) is 0 Å². The summed E-state index contributed by atoms with van der Waals surface area (Å²) < 4.78 is 59.4. The van der Waals surface area contributed by atoms with Crippen LogP contribution in [-0.4, -0.2) is 20.9 Å². The van der Waals surface area contributed by atoms with Gasteiger partial charge in [-0.15, -0.1) is 0 Å². The van der Waals surface area contributed by atoms with E-state index in [0.717, 1.165) is 23.3 Å². The predicted octanol–water partition coefficient (Wildman–Crippen LogP) is 4.40. The Morgan fingerprint density at radius 3 is 2.29 bits per heavy atom. The zero-order chi connectivity index (χ0) is 22.6. The van der Waals surface area contributed by atoms with Crippen LogP contribution in [0.15, 0.2) is 65.6 Å². The minimum absolute atomic E-state index is 0.0240. The molecular formula is C22H20F2N2O4S. The Bertz CT molecular complexity index is 1210. The zero-order valence-electron chi connectivity index (χ0n) is 16.8. The molecule has 3 rings (SSSR count). The van der Waals surface area contributed by atoms with Gasteiger partial charge in [0.05, 0.1) is 10.6 Å². The lowest BCUT2D eigenvalue weighted by Gasteiger charge is -2.11. The van der Waals surface area contributed by atoms with Gasteiger partial charge in [0.15, 0.2) is 6.61 Å². The van der Waals surface area contributed by atoms with Gasteiger partial charge >= 0.3 is 0 Å². The summed E-state index contributed by atoms with van der Waals surface area (Å²) >= 11 is 0. The van der Waals surface area contributed by atoms with E-state index < -0.39 is 34.2 Å². The highest BCUT2D eigenvalue weighted by Crippen LogP contribution is 2.21. The van der Waals surface area contributed by atoms with Crippen LogP contribution in [-0.2, 0) is 14.8 Å². The summed E-state index contributed by atoms with van der Waals surface area (Å²) in [5.74, 6) is -2.06. The highest BCUT2D eigenvalue weighted by Gasteiger charge is 2.15. The molecule has 0 aliphatic rings. The Morgan fingerprint density at radius 1 is 0.935 bits per heavy atom. The van der Waals surface area contributed by atoms with Gasteiger partial charge in [-0.2, -0.15) is 0 Å². The van der Waals surface area contributed by atoms with E-state index in [-0.39, 0.29) is 16.3 Å². The van der Waals surface area contributed by atoms with Crippen molar-refractivity contribution >= 4 is 27.3 Å². The largest absolute Gasteiger partial charge is 0.484 e. The van der Waals surface area contributed by atoms with Gasteiger partial charge in [0.2, 0.25) is 0 Å². The van der Waals surface area contributed by atoms with Crippen LogP contribution < -0.4 is 14.8 Å². The molecule has 0 bridgehead atoms. The first-order valence-corrected chi connectivity index (χ1v) is 10.7. The SMILES string of the molecule is Cc1ccc(NS(=O)(=O)c2ccc(OCC(=O)Nc3ccc(F)cc3F)cc2)cc1C. The van der Waals surface area contributed by atoms with Crippen molar-refractivity contribution in [3.8, 4) is 5.75 Å². The van der Waals surface area contributed by atoms with E-state index in [1.54, 1.807) is 12.1 Å². The standard InChI is InChI=1S/C22H20F2N2O4S/c1-14-3-5-17(11-15(14)2)26-31(28,29)19-8-6-18(7-9-19)30-13-22(27)25-21-10-4-16(23)12-20(21)24/h3-12,26H,13H2,1-2H3,(H,25,27). The lowest BCUT2D eigenvalue weighted by atomic mass is 10.1. The Balaban J connectivity index is 1.60. The molecule has 0 unspecified atom stereocenters. The van der Waals surface area contributed by atoms with Gasteiger partial charge in [-0.05, 0) is 73.5 Å². The lowest BCUT2D eigenvalue weighted by molar-refractivity contribution is -0.118.